The molecular formula is C20H24N2O3. The number of hydrogen-bond donors (Lipinski definition) is 0. The molecule has 1 amide bonds. The summed E-state index contributed by atoms with van der Waals surface area (Å²) in [6.07, 6.45) is 6.01. The second kappa shape index (κ2) is 8.62. The Hall–Kier alpha value is -2.40. The molecule has 1 fully saturated rings. The number of benzene rings is 1. The predicted molar refractivity (Wildman–Crippen MR) is 95.1 cm³/mol. The summed E-state index contributed by atoms with van der Waals surface area (Å²) in [4.78, 5) is 19.0. The van der Waals surface area contributed by atoms with Gasteiger partial charge in [0.25, 0.3) is 5.91 Å². The monoisotopic (exact) mass is 340 g/mol. The molecule has 0 saturated carbocycles. The van der Waals surface area contributed by atoms with E-state index in [0.717, 1.165) is 36.1 Å². The van der Waals surface area contributed by atoms with E-state index in [2.05, 4.69) is 4.98 Å². The quantitative estimate of drug-likeness (QED) is 0.810. The van der Waals surface area contributed by atoms with Gasteiger partial charge in [0, 0.05) is 37.7 Å². The number of ether oxygens (including phenoxy) is 2. The normalized spacial score (nSPS) is 17.1. The molecular weight excluding hydrogens is 316 g/mol. The molecule has 0 unspecified atom stereocenters. The van der Waals surface area contributed by atoms with Gasteiger partial charge in [-0.3, -0.25) is 9.78 Å². The van der Waals surface area contributed by atoms with Gasteiger partial charge in [-0.05, 0) is 43.0 Å². The molecule has 1 aliphatic heterocycles. The minimum Gasteiger partial charge on any atom is -0.496 e. The van der Waals surface area contributed by atoms with Gasteiger partial charge in [0.05, 0.1) is 7.11 Å². The Morgan fingerprint density at radius 1 is 1.20 bits per heavy atom. The van der Waals surface area contributed by atoms with Gasteiger partial charge in [-0.1, -0.05) is 18.2 Å². The first-order valence-corrected chi connectivity index (χ1v) is 8.69. The highest BCUT2D eigenvalue weighted by atomic mass is 16.5. The van der Waals surface area contributed by atoms with E-state index in [4.69, 9.17) is 9.47 Å². The summed E-state index contributed by atoms with van der Waals surface area (Å²) in [5, 5.41) is 0. The first kappa shape index (κ1) is 17.4. The number of methoxy groups -OCH3 is 1. The number of carbonyl (C=O) groups is 1. The molecule has 0 spiro atoms. The lowest BCUT2D eigenvalue weighted by Gasteiger charge is -2.30. The van der Waals surface area contributed by atoms with Crippen LogP contribution in [0.2, 0.25) is 0 Å². The number of aromatic nitrogens is 1. The van der Waals surface area contributed by atoms with Crippen LogP contribution >= 0.6 is 0 Å². The van der Waals surface area contributed by atoms with Crippen molar-refractivity contribution in [2.24, 2.45) is 0 Å². The van der Waals surface area contributed by atoms with Gasteiger partial charge >= 0.3 is 0 Å². The summed E-state index contributed by atoms with van der Waals surface area (Å²) in [6, 6.07) is 11.7. The lowest BCUT2D eigenvalue weighted by Crippen LogP contribution is -2.41. The second-order valence-electron chi connectivity index (χ2n) is 6.22. The summed E-state index contributed by atoms with van der Waals surface area (Å²) in [6.45, 7) is 1.68. The second-order valence-corrected chi connectivity index (χ2v) is 6.22. The number of pyridine rings is 1. The Balaban J connectivity index is 1.81. The zero-order chi connectivity index (χ0) is 17.5. The third-order valence-electron chi connectivity index (χ3n) is 4.44. The Kier molecular flexibility index (Phi) is 6.01. The first-order valence-electron chi connectivity index (χ1n) is 8.69. The van der Waals surface area contributed by atoms with E-state index in [1.165, 1.54) is 0 Å². The van der Waals surface area contributed by atoms with Crippen LogP contribution in [0.1, 0.15) is 30.4 Å². The van der Waals surface area contributed by atoms with Crippen molar-refractivity contribution in [3.05, 3.63) is 59.9 Å². The van der Waals surface area contributed by atoms with Crippen molar-refractivity contribution in [2.75, 3.05) is 13.7 Å². The molecule has 0 N–H and O–H groups in total. The van der Waals surface area contributed by atoms with Gasteiger partial charge in [0.2, 0.25) is 0 Å². The molecule has 132 valence electrons. The number of amides is 1. The Morgan fingerprint density at radius 3 is 2.72 bits per heavy atom. The van der Waals surface area contributed by atoms with Crippen molar-refractivity contribution in [2.45, 2.75) is 38.5 Å². The zero-order valence-electron chi connectivity index (χ0n) is 14.6. The van der Waals surface area contributed by atoms with Gasteiger partial charge in [-0.15, -0.1) is 0 Å². The molecule has 5 heteroatoms. The largest absolute Gasteiger partial charge is 0.496 e. The molecule has 2 heterocycles. The Labute approximate surface area is 148 Å². The molecule has 2 aromatic rings. The van der Waals surface area contributed by atoms with Crippen LogP contribution < -0.4 is 4.74 Å². The number of rotatable bonds is 6. The molecule has 3 rings (SSSR count). The highest BCUT2D eigenvalue weighted by Crippen LogP contribution is 2.23. The molecule has 0 aliphatic carbocycles. The fourth-order valence-electron chi connectivity index (χ4n) is 3.10. The zero-order valence-corrected chi connectivity index (χ0v) is 14.6. The lowest BCUT2D eigenvalue weighted by atomic mass is 10.1. The molecule has 1 aromatic carbocycles. The Bertz CT molecular complexity index is 684. The van der Waals surface area contributed by atoms with Crippen LogP contribution in [0.15, 0.2) is 48.8 Å². The highest BCUT2D eigenvalue weighted by Gasteiger charge is 2.27. The molecule has 1 atom stereocenters. The summed E-state index contributed by atoms with van der Waals surface area (Å²) >= 11 is 0. The van der Waals surface area contributed by atoms with E-state index < -0.39 is 0 Å². The molecule has 25 heavy (non-hydrogen) atoms. The third kappa shape index (κ3) is 4.57. The van der Waals surface area contributed by atoms with E-state index in [1.807, 2.05) is 41.3 Å². The maximum absolute atomic E-state index is 13.1. The summed E-state index contributed by atoms with van der Waals surface area (Å²) in [7, 11) is 1.65. The van der Waals surface area contributed by atoms with Crippen molar-refractivity contribution in [1.29, 1.82) is 0 Å². The summed E-state index contributed by atoms with van der Waals surface area (Å²) < 4.78 is 11.2. The smallest absolute Gasteiger partial charge is 0.252 e. The van der Waals surface area contributed by atoms with Crippen LogP contribution in [-0.4, -0.2) is 35.6 Å². The SMILES string of the molecule is COc1ccccc1CN(Cc1ccncc1)C(=O)[C@H]1CCCCO1. The maximum Gasteiger partial charge on any atom is 0.252 e. The van der Waals surface area contributed by atoms with Crippen LogP contribution in [0.4, 0.5) is 0 Å². The average Bonchev–Trinajstić information content (AvgIpc) is 2.69. The van der Waals surface area contributed by atoms with Crippen LogP contribution in [0, 0.1) is 0 Å². The van der Waals surface area contributed by atoms with Crippen LogP contribution in [-0.2, 0) is 22.6 Å². The van der Waals surface area contributed by atoms with Crippen molar-refractivity contribution in [1.82, 2.24) is 9.88 Å². The van der Waals surface area contributed by atoms with Gasteiger partial charge in [0.15, 0.2) is 0 Å². The maximum atomic E-state index is 13.1. The molecule has 1 saturated heterocycles. The fraction of sp³-hybridized carbons (Fsp3) is 0.400. The molecule has 1 aromatic heterocycles. The topological polar surface area (TPSA) is 51.7 Å². The number of carbonyl (C=O) groups excluding carboxylic acids is 1. The van der Waals surface area contributed by atoms with Gasteiger partial charge < -0.3 is 14.4 Å². The van der Waals surface area contributed by atoms with Crippen molar-refractivity contribution >= 4 is 5.91 Å². The standard InChI is InChI=1S/C20H24N2O3/c1-24-18-7-3-2-6-17(18)15-22(14-16-9-11-21-12-10-16)20(23)19-8-4-5-13-25-19/h2-3,6-7,9-12,19H,4-5,8,13-15H2,1H3/t19-/m1/s1. The minimum absolute atomic E-state index is 0.0439. The van der Waals surface area contributed by atoms with Crippen LogP contribution in [0.3, 0.4) is 0 Å². The van der Waals surface area contributed by atoms with E-state index in [0.29, 0.717) is 19.7 Å². The van der Waals surface area contributed by atoms with Crippen LogP contribution in [0.25, 0.3) is 0 Å². The Morgan fingerprint density at radius 2 is 2.00 bits per heavy atom. The number of hydrogen-bond acceptors (Lipinski definition) is 4. The van der Waals surface area contributed by atoms with E-state index in [9.17, 15) is 4.79 Å². The predicted octanol–water partition coefficient (Wildman–Crippen LogP) is 3.19. The van der Waals surface area contributed by atoms with Gasteiger partial charge in [-0.2, -0.15) is 0 Å². The summed E-state index contributed by atoms with van der Waals surface area (Å²) in [5.41, 5.74) is 2.04. The van der Waals surface area contributed by atoms with E-state index >= 15 is 0 Å². The molecule has 0 radical (unpaired) electrons. The molecule has 1 aliphatic rings. The number of para-hydroxylation sites is 1. The van der Waals surface area contributed by atoms with Gasteiger partial charge in [0.1, 0.15) is 11.9 Å². The van der Waals surface area contributed by atoms with Gasteiger partial charge in [-0.25, -0.2) is 0 Å². The van der Waals surface area contributed by atoms with Crippen molar-refractivity contribution in [3.8, 4) is 5.75 Å². The van der Waals surface area contributed by atoms with Crippen molar-refractivity contribution in [3.63, 3.8) is 0 Å². The molecule has 5 nitrogen and oxygen atoms in total. The fourth-order valence-corrected chi connectivity index (χ4v) is 3.10. The third-order valence-corrected chi connectivity index (χ3v) is 4.44. The van der Waals surface area contributed by atoms with Crippen molar-refractivity contribution < 1.29 is 14.3 Å². The minimum atomic E-state index is -0.342. The average molecular weight is 340 g/mol. The van der Waals surface area contributed by atoms with E-state index in [1.54, 1.807) is 19.5 Å². The lowest BCUT2D eigenvalue weighted by molar-refractivity contribution is -0.147. The van der Waals surface area contributed by atoms with E-state index in [-0.39, 0.29) is 12.0 Å². The van der Waals surface area contributed by atoms with Crippen LogP contribution in [0.5, 0.6) is 5.75 Å². The molecule has 0 bridgehead atoms. The first-order chi connectivity index (χ1) is 12.3. The number of nitrogens with zero attached hydrogens (tertiary/aromatic N) is 2. The summed E-state index contributed by atoms with van der Waals surface area (Å²) in [5.74, 6) is 0.835. The highest BCUT2D eigenvalue weighted by molar-refractivity contribution is 5.81.